The van der Waals surface area contributed by atoms with Crippen molar-refractivity contribution in [1.29, 1.82) is 0 Å². The van der Waals surface area contributed by atoms with Crippen LogP contribution in [0.4, 0.5) is 5.00 Å². The Morgan fingerprint density at radius 1 is 1.03 bits per heavy atom. The van der Waals surface area contributed by atoms with Crippen LogP contribution in [0.1, 0.15) is 10.4 Å². The molecule has 1 N–H and O–H groups in total. The number of carbonyl (C=O) groups excluding carboxylic acids is 1. The minimum atomic E-state index is -0.472. The summed E-state index contributed by atoms with van der Waals surface area (Å²) in [6.45, 7) is 0. The molecule has 2 aromatic carbocycles. The molecule has 0 saturated heterocycles. The lowest BCUT2D eigenvalue weighted by molar-refractivity contribution is 0.102. The minimum absolute atomic E-state index is 0.282. The topological polar surface area (TPSA) is 72.2 Å². The van der Waals surface area contributed by atoms with Gasteiger partial charge in [-0.05, 0) is 47.8 Å². The van der Waals surface area contributed by atoms with Crippen molar-refractivity contribution < 1.29 is 9.21 Å². The van der Waals surface area contributed by atoms with Crippen LogP contribution < -0.4 is 10.9 Å². The Morgan fingerprint density at radius 2 is 1.84 bits per heavy atom. The van der Waals surface area contributed by atoms with E-state index in [1.807, 2.05) is 35.7 Å². The minimum Gasteiger partial charge on any atom is -0.422 e. The van der Waals surface area contributed by atoms with E-state index in [0.29, 0.717) is 37.4 Å². The van der Waals surface area contributed by atoms with Gasteiger partial charge in [0.1, 0.15) is 21.3 Å². The SMILES string of the molecule is O=C(Nc1sc(-c2cc3ccccc3oc2=O)nc1-c1cccs1)c1ccc(Cl)cc1. The van der Waals surface area contributed by atoms with Crippen LogP contribution in [0.15, 0.2) is 81.3 Å². The Labute approximate surface area is 189 Å². The molecule has 0 bridgehead atoms. The van der Waals surface area contributed by atoms with Crippen LogP contribution in [0.25, 0.3) is 32.1 Å². The summed E-state index contributed by atoms with van der Waals surface area (Å²) < 4.78 is 5.46. The average Bonchev–Trinajstić information content (AvgIpc) is 3.43. The van der Waals surface area contributed by atoms with E-state index in [-0.39, 0.29) is 5.91 Å². The van der Waals surface area contributed by atoms with Gasteiger partial charge in [0.25, 0.3) is 5.91 Å². The van der Waals surface area contributed by atoms with Crippen LogP contribution in [-0.4, -0.2) is 10.9 Å². The molecule has 8 heteroatoms. The van der Waals surface area contributed by atoms with Crippen molar-refractivity contribution in [2.45, 2.75) is 0 Å². The van der Waals surface area contributed by atoms with Crippen LogP contribution in [0, 0.1) is 0 Å². The zero-order chi connectivity index (χ0) is 21.4. The molecule has 0 saturated carbocycles. The maximum atomic E-state index is 12.8. The fraction of sp³-hybridized carbons (Fsp3) is 0. The molecule has 0 atom stereocenters. The molecule has 0 unspecified atom stereocenters. The molecule has 31 heavy (non-hydrogen) atoms. The number of aromatic nitrogens is 1. The lowest BCUT2D eigenvalue weighted by Crippen LogP contribution is -2.11. The molecule has 0 aliphatic heterocycles. The van der Waals surface area contributed by atoms with Gasteiger partial charge in [0.05, 0.1) is 10.4 Å². The van der Waals surface area contributed by atoms with Gasteiger partial charge in [0, 0.05) is 16.0 Å². The van der Waals surface area contributed by atoms with Gasteiger partial charge in [-0.25, -0.2) is 9.78 Å². The molecular formula is C23H13ClN2O3S2. The first-order valence-corrected chi connectivity index (χ1v) is 11.3. The number of benzene rings is 2. The van der Waals surface area contributed by atoms with E-state index in [4.69, 9.17) is 16.0 Å². The second-order valence-corrected chi connectivity index (χ2v) is 9.00. The van der Waals surface area contributed by atoms with Crippen molar-refractivity contribution in [3.63, 3.8) is 0 Å². The standard InChI is InChI=1S/C23H13ClN2O3S2/c24-15-9-7-13(8-10-15)20(27)26-22-19(18-6-3-11-30-18)25-21(31-22)16-12-14-4-1-2-5-17(14)29-23(16)28/h1-12H,(H,26,27). The molecule has 0 radical (unpaired) electrons. The second kappa shape index (κ2) is 8.11. The maximum Gasteiger partial charge on any atom is 0.346 e. The van der Waals surface area contributed by atoms with Crippen LogP contribution in [0.5, 0.6) is 0 Å². The van der Waals surface area contributed by atoms with Gasteiger partial charge < -0.3 is 9.73 Å². The number of halogens is 1. The number of hydrogen-bond acceptors (Lipinski definition) is 6. The number of carbonyl (C=O) groups is 1. The van der Waals surface area contributed by atoms with E-state index in [1.54, 1.807) is 36.4 Å². The van der Waals surface area contributed by atoms with Gasteiger partial charge in [-0.2, -0.15) is 0 Å². The number of anilines is 1. The molecule has 152 valence electrons. The highest BCUT2D eigenvalue weighted by Gasteiger charge is 2.20. The summed E-state index contributed by atoms with van der Waals surface area (Å²) in [6.07, 6.45) is 0. The highest BCUT2D eigenvalue weighted by atomic mass is 35.5. The van der Waals surface area contributed by atoms with E-state index in [9.17, 15) is 9.59 Å². The predicted molar refractivity (Wildman–Crippen MR) is 126 cm³/mol. The average molecular weight is 465 g/mol. The van der Waals surface area contributed by atoms with E-state index in [0.717, 1.165) is 10.3 Å². The van der Waals surface area contributed by atoms with E-state index < -0.39 is 5.63 Å². The molecule has 1 amide bonds. The number of thiophene rings is 1. The highest BCUT2D eigenvalue weighted by Crippen LogP contribution is 2.39. The van der Waals surface area contributed by atoms with Gasteiger partial charge in [-0.15, -0.1) is 11.3 Å². The van der Waals surface area contributed by atoms with Crippen LogP contribution in [0.2, 0.25) is 5.02 Å². The van der Waals surface area contributed by atoms with Gasteiger partial charge >= 0.3 is 5.63 Å². The van der Waals surface area contributed by atoms with Gasteiger partial charge in [0.15, 0.2) is 0 Å². The number of nitrogens with one attached hydrogen (secondary N) is 1. The van der Waals surface area contributed by atoms with Crippen molar-refractivity contribution in [3.8, 4) is 21.1 Å². The Kier molecular flexibility index (Phi) is 5.15. The fourth-order valence-electron chi connectivity index (χ4n) is 3.09. The van der Waals surface area contributed by atoms with Crippen LogP contribution >= 0.6 is 34.3 Å². The second-order valence-electron chi connectivity index (χ2n) is 6.62. The Hall–Kier alpha value is -3.26. The molecule has 5 aromatic rings. The first kappa shape index (κ1) is 19.7. The van der Waals surface area contributed by atoms with Crippen LogP contribution in [-0.2, 0) is 0 Å². The maximum absolute atomic E-state index is 12.8. The van der Waals surface area contributed by atoms with Crippen molar-refractivity contribution in [3.05, 3.63) is 93.1 Å². The molecule has 0 fully saturated rings. The number of fused-ring (bicyclic) bond motifs is 1. The Balaban J connectivity index is 1.59. The molecule has 3 heterocycles. The number of amides is 1. The normalized spacial score (nSPS) is 11.0. The van der Waals surface area contributed by atoms with Crippen LogP contribution in [0.3, 0.4) is 0 Å². The number of nitrogens with zero attached hydrogens (tertiary/aromatic N) is 1. The third-order valence-corrected chi connectivity index (χ3v) is 6.72. The van der Waals surface area contributed by atoms with E-state index >= 15 is 0 Å². The summed E-state index contributed by atoms with van der Waals surface area (Å²) in [5, 5.41) is 7.26. The van der Waals surface area contributed by atoms with E-state index in [1.165, 1.54) is 22.7 Å². The number of rotatable bonds is 4. The number of hydrogen-bond donors (Lipinski definition) is 1. The smallest absolute Gasteiger partial charge is 0.346 e. The fourth-order valence-corrected chi connectivity index (χ4v) is 4.98. The third kappa shape index (κ3) is 3.90. The van der Waals surface area contributed by atoms with Gasteiger partial charge in [-0.3, -0.25) is 4.79 Å². The predicted octanol–water partition coefficient (Wildman–Crippen LogP) is 6.55. The number of thiazole rings is 1. The molecule has 5 nitrogen and oxygen atoms in total. The largest absolute Gasteiger partial charge is 0.422 e. The monoisotopic (exact) mass is 464 g/mol. The first-order valence-electron chi connectivity index (χ1n) is 9.23. The lowest BCUT2D eigenvalue weighted by Gasteiger charge is -2.04. The van der Waals surface area contributed by atoms with Crippen molar-refractivity contribution in [2.75, 3.05) is 5.32 Å². The summed E-state index contributed by atoms with van der Waals surface area (Å²) in [5.74, 6) is -0.282. The van der Waals surface area contributed by atoms with E-state index in [2.05, 4.69) is 10.3 Å². The quantitative estimate of drug-likeness (QED) is 0.306. The van der Waals surface area contributed by atoms with Gasteiger partial charge in [0.2, 0.25) is 0 Å². The number of para-hydroxylation sites is 1. The summed E-state index contributed by atoms with van der Waals surface area (Å²) in [5.41, 5.74) is 1.49. The van der Waals surface area contributed by atoms with Crippen molar-refractivity contribution in [1.82, 2.24) is 4.98 Å². The molecule has 0 spiro atoms. The molecular weight excluding hydrogens is 452 g/mol. The highest BCUT2D eigenvalue weighted by molar-refractivity contribution is 7.20. The lowest BCUT2D eigenvalue weighted by atomic mass is 10.2. The summed E-state index contributed by atoms with van der Waals surface area (Å²) >= 11 is 8.66. The zero-order valence-corrected chi connectivity index (χ0v) is 18.2. The zero-order valence-electron chi connectivity index (χ0n) is 15.8. The molecule has 5 rings (SSSR count). The van der Waals surface area contributed by atoms with Crippen molar-refractivity contribution in [2.24, 2.45) is 0 Å². The Morgan fingerprint density at radius 3 is 2.61 bits per heavy atom. The first-order chi connectivity index (χ1) is 15.1. The summed E-state index contributed by atoms with van der Waals surface area (Å²) in [6, 6.07) is 19.5. The molecule has 0 aliphatic carbocycles. The van der Waals surface area contributed by atoms with Crippen molar-refractivity contribution >= 4 is 56.2 Å². The molecule has 0 aliphatic rings. The third-order valence-electron chi connectivity index (χ3n) is 4.59. The summed E-state index contributed by atoms with van der Waals surface area (Å²) in [7, 11) is 0. The van der Waals surface area contributed by atoms with Gasteiger partial charge in [-0.1, -0.05) is 47.2 Å². The summed E-state index contributed by atoms with van der Waals surface area (Å²) in [4.78, 5) is 31.0. The molecule has 3 aromatic heterocycles. The Bertz CT molecular complexity index is 1450.